The van der Waals surface area contributed by atoms with Crippen LogP contribution in [0, 0.1) is 19.8 Å². The maximum atomic E-state index is 12.5. The number of hydrogen-bond donors (Lipinski definition) is 1. The number of aromatic nitrogens is 5. The molecule has 0 atom stereocenters. The average Bonchev–Trinajstić information content (AvgIpc) is 3.25. The van der Waals surface area contributed by atoms with Gasteiger partial charge in [0, 0.05) is 42.9 Å². The van der Waals surface area contributed by atoms with Crippen LogP contribution in [0.5, 0.6) is 0 Å². The standard InChI is InChI=1S/C20H26N6O/c1-14(2)13-26-16(4)18(15(3)24-26)11-20(27)22-12-17-6-8-21-19(10-17)25-9-5-7-23-25/h5-10,14H,11-13H2,1-4H3,(H,22,27). The molecule has 27 heavy (non-hydrogen) atoms. The van der Waals surface area contributed by atoms with Crippen molar-refractivity contribution in [2.75, 3.05) is 0 Å². The van der Waals surface area contributed by atoms with E-state index in [2.05, 4.69) is 34.3 Å². The number of aryl methyl sites for hydroxylation is 1. The van der Waals surface area contributed by atoms with Gasteiger partial charge >= 0.3 is 0 Å². The summed E-state index contributed by atoms with van der Waals surface area (Å²) in [6, 6.07) is 5.66. The van der Waals surface area contributed by atoms with Crippen molar-refractivity contribution in [2.24, 2.45) is 5.92 Å². The van der Waals surface area contributed by atoms with Crippen LogP contribution >= 0.6 is 0 Å². The molecule has 0 saturated carbocycles. The van der Waals surface area contributed by atoms with Crippen LogP contribution in [0.1, 0.15) is 36.4 Å². The lowest BCUT2D eigenvalue weighted by atomic mass is 10.1. The fraction of sp³-hybridized carbons (Fsp3) is 0.400. The van der Waals surface area contributed by atoms with Crippen LogP contribution in [0.25, 0.3) is 5.82 Å². The molecule has 3 rings (SSSR count). The van der Waals surface area contributed by atoms with Crippen molar-refractivity contribution in [2.45, 2.75) is 47.2 Å². The first-order valence-electron chi connectivity index (χ1n) is 9.18. The third-order valence-electron chi connectivity index (χ3n) is 4.45. The summed E-state index contributed by atoms with van der Waals surface area (Å²) in [5, 5.41) is 11.7. The summed E-state index contributed by atoms with van der Waals surface area (Å²) in [4.78, 5) is 16.8. The van der Waals surface area contributed by atoms with Crippen molar-refractivity contribution in [1.29, 1.82) is 0 Å². The molecule has 0 radical (unpaired) electrons. The number of rotatable bonds is 7. The van der Waals surface area contributed by atoms with Gasteiger partial charge in [-0.15, -0.1) is 0 Å². The zero-order chi connectivity index (χ0) is 19.4. The topological polar surface area (TPSA) is 77.6 Å². The molecule has 0 saturated heterocycles. The molecule has 0 aliphatic heterocycles. The van der Waals surface area contributed by atoms with E-state index in [-0.39, 0.29) is 5.91 Å². The molecule has 142 valence electrons. The van der Waals surface area contributed by atoms with Gasteiger partial charge in [-0.3, -0.25) is 9.48 Å². The smallest absolute Gasteiger partial charge is 0.224 e. The van der Waals surface area contributed by atoms with Crippen molar-refractivity contribution in [3.05, 3.63) is 59.3 Å². The maximum Gasteiger partial charge on any atom is 0.224 e. The lowest BCUT2D eigenvalue weighted by molar-refractivity contribution is -0.120. The highest BCUT2D eigenvalue weighted by molar-refractivity contribution is 5.79. The van der Waals surface area contributed by atoms with Gasteiger partial charge < -0.3 is 5.32 Å². The van der Waals surface area contributed by atoms with Gasteiger partial charge in [0.05, 0.1) is 12.1 Å². The van der Waals surface area contributed by atoms with E-state index in [9.17, 15) is 4.79 Å². The minimum Gasteiger partial charge on any atom is -0.352 e. The Kier molecular flexibility index (Phi) is 5.69. The van der Waals surface area contributed by atoms with E-state index in [1.54, 1.807) is 17.1 Å². The Balaban J connectivity index is 1.62. The van der Waals surface area contributed by atoms with Crippen molar-refractivity contribution >= 4 is 5.91 Å². The summed E-state index contributed by atoms with van der Waals surface area (Å²) in [6.45, 7) is 9.63. The number of carbonyl (C=O) groups is 1. The quantitative estimate of drug-likeness (QED) is 0.697. The zero-order valence-corrected chi connectivity index (χ0v) is 16.3. The lowest BCUT2D eigenvalue weighted by Crippen LogP contribution is -2.25. The average molecular weight is 366 g/mol. The van der Waals surface area contributed by atoms with Gasteiger partial charge in [-0.2, -0.15) is 10.2 Å². The molecule has 0 bridgehead atoms. The third kappa shape index (κ3) is 4.61. The van der Waals surface area contributed by atoms with E-state index < -0.39 is 0 Å². The van der Waals surface area contributed by atoms with E-state index in [0.717, 1.165) is 34.9 Å². The number of amides is 1. The Morgan fingerprint density at radius 1 is 1.26 bits per heavy atom. The van der Waals surface area contributed by atoms with Gasteiger partial charge in [-0.25, -0.2) is 9.67 Å². The first kappa shape index (κ1) is 18.8. The predicted octanol–water partition coefficient (Wildman–Crippen LogP) is 2.60. The normalized spacial score (nSPS) is 11.1. The maximum absolute atomic E-state index is 12.5. The van der Waals surface area contributed by atoms with Crippen molar-refractivity contribution in [1.82, 2.24) is 29.9 Å². The monoisotopic (exact) mass is 366 g/mol. The molecule has 1 amide bonds. The number of nitrogens with one attached hydrogen (secondary N) is 1. The van der Waals surface area contributed by atoms with E-state index in [1.165, 1.54) is 0 Å². The van der Waals surface area contributed by atoms with E-state index >= 15 is 0 Å². The number of nitrogens with zero attached hydrogens (tertiary/aromatic N) is 5. The molecular weight excluding hydrogens is 340 g/mol. The molecule has 0 aliphatic rings. The van der Waals surface area contributed by atoms with Crippen molar-refractivity contribution < 1.29 is 4.79 Å². The van der Waals surface area contributed by atoms with E-state index in [1.807, 2.05) is 42.9 Å². The highest BCUT2D eigenvalue weighted by Crippen LogP contribution is 2.15. The Bertz CT molecular complexity index is 911. The van der Waals surface area contributed by atoms with E-state index in [4.69, 9.17) is 0 Å². The van der Waals surface area contributed by atoms with Gasteiger partial charge in [0.1, 0.15) is 0 Å². The lowest BCUT2D eigenvalue weighted by Gasteiger charge is -2.09. The minimum atomic E-state index is -0.0113. The van der Waals surface area contributed by atoms with Gasteiger partial charge in [-0.05, 0) is 43.5 Å². The summed E-state index contributed by atoms with van der Waals surface area (Å²) >= 11 is 0. The van der Waals surface area contributed by atoms with Gasteiger partial charge in [0.2, 0.25) is 5.91 Å². The first-order valence-corrected chi connectivity index (χ1v) is 9.18. The second-order valence-electron chi connectivity index (χ2n) is 7.15. The molecule has 0 fully saturated rings. The largest absolute Gasteiger partial charge is 0.352 e. The van der Waals surface area contributed by atoms with Crippen LogP contribution in [-0.2, 0) is 24.3 Å². The van der Waals surface area contributed by atoms with Gasteiger partial charge in [-0.1, -0.05) is 13.8 Å². The van der Waals surface area contributed by atoms with E-state index in [0.29, 0.717) is 18.9 Å². The molecule has 7 nitrogen and oxygen atoms in total. The van der Waals surface area contributed by atoms with Crippen LogP contribution in [0.4, 0.5) is 0 Å². The van der Waals surface area contributed by atoms with Crippen molar-refractivity contribution in [3.63, 3.8) is 0 Å². The SMILES string of the molecule is Cc1nn(CC(C)C)c(C)c1CC(=O)NCc1ccnc(-n2cccn2)c1. The Morgan fingerprint density at radius 3 is 2.78 bits per heavy atom. The molecule has 1 N–H and O–H groups in total. The number of hydrogen-bond acceptors (Lipinski definition) is 4. The Labute approximate surface area is 159 Å². The molecule has 3 heterocycles. The number of pyridine rings is 1. The fourth-order valence-corrected chi connectivity index (χ4v) is 3.04. The second-order valence-corrected chi connectivity index (χ2v) is 7.15. The molecule has 0 unspecified atom stereocenters. The van der Waals surface area contributed by atoms with Crippen LogP contribution in [0.15, 0.2) is 36.8 Å². The van der Waals surface area contributed by atoms with Crippen LogP contribution < -0.4 is 5.32 Å². The van der Waals surface area contributed by atoms with Gasteiger partial charge in [0.15, 0.2) is 5.82 Å². The third-order valence-corrected chi connectivity index (χ3v) is 4.45. The van der Waals surface area contributed by atoms with Gasteiger partial charge in [0.25, 0.3) is 0 Å². The summed E-state index contributed by atoms with van der Waals surface area (Å²) < 4.78 is 3.70. The minimum absolute atomic E-state index is 0.0113. The Hall–Kier alpha value is -2.96. The van der Waals surface area contributed by atoms with Crippen LogP contribution in [0.2, 0.25) is 0 Å². The highest BCUT2D eigenvalue weighted by atomic mass is 16.1. The van der Waals surface area contributed by atoms with Crippen molar-refractivity contribution in [3.8, 4) is 5.82 Å². The second kappa shape index (κ2) is 8.16. The molecule has 0 spiro atoms. The molecular formula is C20H26N6O. The highest BCUT2D eigenvalue weighted by Gasteiger charge is 2.15. The molecule has 3 aromatic heterocycles. The predicted molar refractivity (Wildman–Crippen MR) is 103 cm³/mol. The van der Waals surface area contributed by atoms with Crippen LogP contribution in [0.3, 0.4) is 0 Å². The number of carbonyl (C=O) groups excluding carboxylic acids is 1. The molecule has 7 heteroatoms. The fourth-order valence-electron chi connectivity index (χ4n) is 3.04. The summed E-state index contributed by atoms with van der Waals surface area (Å²) in [5.74, 6) is 1.23. The Morgan fingerprint density at radius 2 is 2.07 bits per heavy atom. The summed E-state index contributed by atoms with van der Waals surface area (Å²) in [5.41, 5.74) is 3.99. The molecule has 0 aliphatic carbocycles. The first-order chi connectivity index (χ1) is 12.9. The summed E-state index contributed by atoms with van der Waals surface area (Å²) in [7, 11) is 0. The molecule has 0 aromatic carbocycles. The summed E-state index contributed by atoms with van der Waals surface area (Å²) in [6.07, 6.45) is 5.61. The molecule has 3 aromatic rings. The zero-order valence-electron chi connectivity index (χ0n) is 16.3. The van der Waals surface area contributed by atoms with Crippen LogP contribution in [-0.4, -0.2) is 30.5 Å².